The molecule has 1 amide bonds. The molecule has 1 aromatic rings. The third-order valence-electron chi connectivity index (χ3n) is 3.27. The van der Waals surface area contributed by atoms with Crippen molar-refractivity contribution in [1.82, 2.24) is 5.32 Å². The van der Waals surface area contributed by atoms with E-state index in [0.717, 1.165) is 0 Å². The molecule has 0 radical (unpaired) electrons. The van der Waals surface area contributed by atoms with Crippen molar-refractivity contribution >= 4 is 11.7 Å². The summed E-state index contributed by atoms with van der Waals surface area (Å²) in [5.74, 6) is 0.598. The number of hydrogen-bond acceptors (Lipinski definition) is 5. The topological polar surface area (TPSA) is 88.4 Å². The lowest BCUT2D eigenvalue weighted by Crippen LogP contribution is -2.28. The maximum absolute atomic E-state index is 12.1. The van der Waals surface area contributed by atoms with E-state index in [4.69, 9.17) is 14.7 Å². The molecule has 2 rings (SSSR count). The predicted molar refractivity (Wildman–Crippen MR) is 78.8 cm³/mol. The Hall–Kier alpha value is -2.55. The van der Waals surface area contributed by atoms with Gasteiger partial charge in [-0.25, -0.2) is 0 Å². The molecule has 0 bridgehead atoms. The van der Waals surface area contributed by atoms with Crippen LogP contribution in [0.25, 0.3) is 0 Å². The van der Waals surface area contributed by atoms with Crippen molar-refractivity contribution in [3.05, 3.63) is 23.8 Å². The summed E-state index contributed by atoms with van der Waals surface area (Å²) in [6.45, 7) is 2.99. The van der Waals surface area contributed by atoms with Crippen LogP contribution in [0.3, 0.4) is 0 Å². The van der Waals surface area contributed by atoms with Crippen molar-refractivity contribution in [3.8, 4) is 17.6 Å². The van der Waals surface area contributed by atoms with Gasteiger partial charge in [-0.05, 0) is 25.1 Å². The van der Waals surface area contributed by atoms with Gasteiger partial charge < -0.3 is 14.8 Å². The standard InChI is InChI=1S/C16H18N2O4/c1-11(9-17)10-18-16(20)5-3-13(19)12-2-4-14-15(8-12)22-7-6-21-14/h2,4,8,11H,3,5-7,10H2,1H3,(H,18,20). The molecule has 0 aromatic heterocycles. The predicted octanol–water partition coefficient (Wildman–Crippen LogP) is 1.70. The number of ketones is 1. The summed E-state index contributed by atoms with van der Waals surface area (Å²) >= 11 is 0. The van der Waals surface area contributed by atoms with E-state index in [9.17, 15) is 9.59 Å². The van der Waals surface area contributed by atoms with E-state index in [0.29, 0.717) is 36.8 Å². The summed E-state index contributed by atoms with van der Waals surface area (Å²) in [5.41, 5.74) is 0.502. The molecular weight excluding hydrogens is 284 g/mol. The Labute approximate surface area is 129 Å². The molecule has 1 unspecified atom stereocenters. The fraction of sp³-hybridized carbons (Fsp3) is 0.438. The molecule has 0 fully saturated rings. The number of nitrogens with zero attached hydrogens (tertiary/aromatic N) is 1. The molecule has 1 aliphatic heterocycles. The smallest absolute Gasteiger partial charge is 0.220 e. The highest BCUT2D eigenvalue weighted by Crippen LogP contribution is 2.31. The van der Waals surface area contributed by atoms with Crippen LogP contribution in [0.15, 0.2) is 18.2 Å². The van der Waals surface area contributed by atoms with Crippen LogP contribution in [0.5, 0.6) is 11.5 Å². The van der Waals surface area contributed by atoms with Crippen LogP contribution in [-0.2, 0) is 4.79 Å². The van der Waals surface area contributed by atoms with Crippen LogP contribution in [0.4, 0.5) is 0 Å². The summed E-state index contributed by atoms with van der Waals surface area (Å²) in [7, 11) is 0. The lowest BCUT2D eigenvalue weighted by molar-refractivity contribution is -0.121. The van der Waals surface area contributed by atoms with Gasteiger partial charge in [0.2, 0.25) is 5.91 Å². The van der Waals surface area contributed by atoms with Crippen LogP contribution >= 0.6 is 0 Å². The fourth-order valence-corrected chi connectivity index (χ4v) is 1.99. The quantitative estimate of drug-likeness (QED) is 0.808. The maximum Gasteiger partial charge on any atom is 0.220 e. The van der Waals surface area contributed by atoms with Crippen LogP contribution in [-0.4, -0.2) is 31.4 Å². The second-order valence-electron chi connectivity index (χ2n) is 5.12. The fourth-order valence-electron chi connectivity index (χ4n) is 1.99. The number of Topliss-reactive ketones (excluding diaryl/α,β-unsaturated/α-hetero) is 1. The summed E-state index contributed by atoms with van der Waals surface area (Å²) in [6, 6.07) is 7.05. The molecule has 0 saturated heterocycles. The normalized spacial score (nSPS) is 13.8. The van der Waals surface area contributed by atoms with Gasteiger partial charge in [-0.15, -0.1) is 0 Å². The SMILES string of the molecule is CC(C#N)CNC(=O)CCC(=O)c1ccc2c(c1)OCCO2. The molecular formula is C16H18N2O4. The molecule has 0 spiro atoms. The van der Waals surface area contributed by atoms with E-state index in [-0.39, 0.29) is 30.4 Å². The van der Waals surface area contributed by atoms with Crippen molar-refractivity contribution in [2.75, 3.05) is 19.8 Å². The second kappa shape index (κ2) is 7.46. The molecule has 1 N–H and O–H groups in total. The van der Waals surface area contributed by atoms with Gasteiger partial charge in [-0.2, -0.15) is 5.26 Å². The largest absolute Gasteiger partial charge is 0.486 e. The maximum atomic E-state index is 12.1. The Morgan fingerprint density at radius 3 is 2.73 bits per heavy atom. The summed E-state index contributed by atoms with van der Waals surface area (Å²) in [6.07, 6.45) is 0.220. The minimum absolute atomic E-state index is 0.103. The van der Waals surface area contributed by atoms with E-state index in [2.05, 4.69) is 5.32 Å². The number of benzene rings is 1. The van der Waals surface area contributed by atoms with E-state index in [1.54, 1.807) is 25.1 Å². The van der Waals surface area contributed by atoms with E-state index in [1.807, 2.05) is 6.07 Å². The van der Waals surface area contributed by atoms with Crippen LogP contribution < -0.4 is 14.8 Å². The van der Waals surface area contributed by atoms with Crippen LogP contribution in [0, 0.1) is 17.2 Å². The highest BCUT2D eigenvalue weighted by molar-refractivity contribution is 5.98. The van der Waals surface area contributed by atoms with Crippen molar-refractivity contribution < 1.29 is 19.1 Å². The zero-order valence-corrected chi connectivity index (χ0v) is 12.4. The first-order chi connectivity index (χ1) is 10.6. The third-order valence-corrected chi connectivity index (χ3v) is 3.27. The second-order valence-corrected chi connectivity index (χ2v) is 5.12. The average Bonchev–Trinajstić information content (AvgIpc) is 2.56. The first kappa shape index (κ1) is 15.8. The summed E-state index contributed by atoms with van der Waals surface area (Å²) in [5, 5.41) is 11.3. The van der Waals surface area contributed by atoms with Gasteiger partial charge in [0.1, 0.15) is 13.2 Å². The lowest BCUT2D eigenvalue weighted by Gasteiger charge is -2.18. The minimum Gasteiger partial charge on any atom is -0.486 e. The minimum atomic E-state index is -0.238. The Balaban J connectivity index is 1.85. The monoisotopic (exact) mass is 302 g/mol. The molecule has 1 atom stereocenters. The Morgan fingerprint density at radius 2 is 2.00 bits per heavy atom. The van der Waals surface area contributed by atoms with E-state index in [1.165, 1.54) is 0 Å². The molecule has 116 valence electrons. The Bertz CT molecular complexity index is 607. The zero-order chi connectivity index (χ0) is 15.9. The Morgan fingerprint density at radius 1 is 1.27 bits per heavy atom. The van der Waals surface area contributed by atoms with Gasteiger partial charge in [0.25, 0.3) is 0 Å². The number of ether oxygens (including phenoxy) is 2. The van der Waals surface area contributed by atoms with Crippen LogP contribution in [0.2, 0.25) is 0 Å². The zero-order valence-electron chi connectivity index (χ0n) is 12.4. The van der Waals surface area contributed by atoms with Crippen molar-refractivity contribution in [2.24, 2.45) is 5.92 Å². The van der Waals surface area contributed by atoms with Gasteiger partial charge >= 0.3 is 0 Å². The highest BCUT2D eigenvalue weighted by Gasteiger charge is 2.15. The summed E-state index contributed by atoms with van der Waals surface area (Å²) in [4.78, 5) is 23.7. The molecule has 0 saturated carbocycles. The number of rotatable bonds is 6. The molecule has 0 aliphatic carbocycles. The van der Waals surface area contributed by atoms with E-state index < -0.39 is 0 Å². The van der Waals surface area contributed by atoms with E-state index >= 15 is 0 Å². The van der Waals surface area contributed by atoms with Crippen molar-refractivity contribution in [2.45, 2.75) is 19.8 Å². The lowest BCUT2D eigenvalue weighted by atomic mass is 10.1. The molecule has 6 nitrogen and oxygen atoms in total. The molecule has 1 heterocycles. The van der Waals surface area contributed by atoms with Gasteiger partial charge in [0.15, 0.2) is 17.3 Å². The number of fused-ring (bicyclic) bond motifs is 1. The average molecular weight is 302 g/mol. The number of carbonyl (C=O) groups excluding carboxylic acids is 2. The van der Waals surface area contributed by atoms with Gasteiger partial charge in [-0.1, -0.05) is 0 Å². The molecule has 6 heteroatoms. The van der Waals surface area contributed by atoms with Crippen molar-refractivity contribution in [1.29, 1.82) is 5.26 Å². The molecule has 22 heavy (non-hydrogen) atoms. The number of carbonyl (C=O) groups is 2. The first-order valence-corrected chi connectivity index (χ1v) is 7.19. The van der Waals surface area contributed by atoms with Gasteiger partial charge in [0, 0.05) is 24.9 Å². The van der Waals surface area contributed by atoms with Crippen molar-refractivity contribution in [3.63, 3.8) is 0 Å². The number of amides is 1. The highest BCUT2D eigenvalue weighted by atomic mass is 16.6. The Kier molecular flexibility index (Phi) is 5.37. The first-order valence-electron chi connectivity index (χ1n) is 7.19. The molecule has 1 aliphatic rings. The van der Waals surface area contributed by atoms with Gasteiger partial charge in [-0.3, -0.25) is 9.59 Å². The molecule has 1 aromatic carbocycles. The number of nitriles is 1. The summed E-state index contributed by atoms with van der Waals surface area (Å²) < 4.78 is 10.8. The number of hydrogen-bond donors (Lipinski definition) is 1. The number of nitrogens with one attached hydrogen (secondary N) is 1. The van der Waals surface area contributed by atoms with Crippen LogP contribution in [0.1, 0.15) is 30.1 Å². The third kappa shape index (κ3) is 4.22. The van der Waals surface area contributed by atoms with Gasteiger partial charge in [0.05, 0.1) is 12.0 Å².